The van der Waals surface area contributed by atoms with Crippen LogP contribution in [0.5, 0.6) is 0 Å². The Morgan fingerprint density at radius 3 is 1.00 bits per heavy atom. The molecule has 0 rings (SSSR count). The Balaban J connectivity index is -0.000000180. The van der Waals surface area contributed by atoms with Crippen LogP contribution in [-0.2, 0) is 9.59 Å². The Labute approximate surface area is 113 Å². The molecule has 0 spiro atoms. The van der Waals surface area contributed by atoms with Gasteiger partial charge in [-0.25, -0.2) is 0 Å². The van der Waals surface area contributed by atoms with Crippen LogP contribution in [0, 0.1) is 31.1 Å². The predicted molar refractivity (Wildman–Crippen MR) is 48.9 cm³/mol. The molecule has 0 aliphatic rings. The zero-order chi connectivity index (χ0) is 11.7. The summed E-state index contributed by atoms with van der Waals surface area (Å²) in [5.74, 6) is -0.750. The third-order valence-corrected chi connectivity index (χ3v) is 0.813. The van der Waals surface area contributed by atoms with Crippen LogP contribution in [0.2, 0.25) is 0 Å². The van der Waals surface area contributed by atoms with Crippen LogP contribution in [0.15, 0.2) is 23.7 Å². The fourth-order valence-corrected chi connectivity index (χ4v) is 0.572. The summed E-state index contributed by atoms with van der Waals surface area (Å²) in [4.78, 5) is 20.0. The second-order valence-electron chi connectivity index (χ2n) is 2.73. The molecule has 0 aliphatic carbocycles. The van der Waals surface area contributed by atoms with Crippen molar-refractivity contribution in [1.29, 1.82) is 0 Å². The maximum absolute atomic E-state index is 9.98. The van der Waals surface area contributed by atoms with Gasteiger partial charge < -0.3 is 10.2 Å². The van der Waals surface area contributed by atoms with Gasteiger partial charge in [0.05, 0.1) is 0 Å². The summed E-state index contributed by atoms with van der Waals surface area (Å²) in [6.07, 6.45) is 2.11. The first-order chi connectivity index (χ1) is 6.25. The Kier molecular flexibility index (Phi) is 15.4. The van der Waals surface area contributed by atoms with Crippen LogP contribution < -0.4 is 10.2 Å². The van der Waals surface area contributed by atoms with Crippen LogP contribution in [0.3, 0.4) is 0 Å². The maximum Gasteiger partial charge on any atom is 2.00 e. The topological polar surface area (TPSA) is 80.3 Å². The smallest absolute Gasteiger partial charge is 0.876 e. The van der Waals surface area contributed by atoms with Crippen molar-refractivity contribution in [3.05, 3.63) is 23.7 Å². The van der Waals surface area contributed by atoms with Crippen LogP contribution in [0.4, 0.5) is 0 Å². The van der Waals surface area contributed by atoms with E-state index in [1.807, 2.05) is 0 Å². The minimum Gasteiger partial charge on any atom is -0.876 e. The van der Waals surface area contributed by atoms with Crippen molar-refractivity contribution in [2.24, 2.45) is 0 Å². The first kappa shape index (κ1) is 20.0. The van der Waals surface area contributed by atoms with Crippen molar-refractivity contribution in [2.75, 3.05) is 0 Å². The summed E-state index contributed by atoms with van der Waals surface area (Å²) < 4.78 is 0. The fourth-order valence-electron chi connectivity index (χ4n) is 0.572. The van der Waals surface area contributed by atoms with Gasteiger partial charge in [0, 0.05) is 0 Å². The third kappa shape index (κ3) is 31.8. The van der Waals surface area contributed by atoms with Gasteiger partial charge in [-0.05, 0) is 26.0 Å². The summed E-state index contributed by atoms with van der Waals surface area (Å²) in [6, 6.07) is 0. The normalized spacial score (nSPS) is 10.7. The fraction of sp³-hybridized carbons (Fsp3) is 0.400. The number of ketones is 2. The van der Waals surface area contributed by atoms with Crippen molar-refractivity contribution in [1.82, 2.24) is 0 Å². The summed E-state index contributed by atoms with van der Waals surface area (Å²) >= 11 is 0. The monoisotopic (exact) mass is 436 g/mol. The van der Waals surface area contributed by atoms with E-state index in [0.29, 0.717) is 0 Å². The van der Waals surface area contributed by atoms with Gasteiger partial charge in [-0.1, -0.05) is 13.8 Å². The van der Waals surface area contributed by atoms with Crippen LogP contribution >= 0.6 is 0 Å². The van der Waals surface area contributed by atoms with E-state index in [2.05, 4.69) is 0 Å². The Morgan fingerprint density at radius 2 is 1.00 bits per heavy atom. The standard InChI is InChI=1S/2C5H8O2.U/c2*1-4(6)3-5(2)7;/h2*3,6H,1-2H3;/q;;+2/p-2/b2*4-3-;. The van der Waals surface area contributed by atoms with E-state index in [1.54, 1.807) is 0 Å². The largest absolute Gasteiger partial charge is 2.00 e. The van der Waals surface area contributed by atoms with E-state index in [1.165, 1.54) is 27.7 Å². The maximum atomic E-state index is 9.98. The number of hydrogen-bond acceptors (Lipinski definition) is 4. The second kappa shape index (κ2) is 11.5. The molecule has 0 fully saturated rings. The van der Waals surface area contributed by atoms with Crippen LogP contribution in [0.1, 0.15) is 27.7 Å². The van der Waals surface area contributed by atoms with Crippen LogP contribution in [-0.4, -0.2) is 11.6 Å². The molecule has 0 aliphatic heterocycles. The molecule has 0 aromatic heterocycles. The molecule has 0 saturated heterocycles. The molecule has 0 saturated carbocycles. The van der Waals surface area contributed by atoms with E-state index in [9.17, 15) is 19.8 Å². The van der Waals surface area contributed by atoms with Crippen molar-refractivity contribution >= 4 is 11.6 Å². The van der Waals surface area contributed by atoms with Crippen molar-refractivity contribution < 1.29 is 50.9 Å². The van der Waals surface area contributed by atoms with Crippen molar-refractivity contribution in [2.45, 2.75) is 27.7 Å². The number of carbonyl (C=O) groups is 2. The minimum absolute atomic E-state index is 0. The number of allylic oxidation sites excluding steroid dienone is 4. The molecule has 0 atom stereocenters. The first-order valence-corrected chi connectivity index (χ1v) is 3.97. The predicted octanol–water partition coefficient (Wildman–Crippen LogP) is -0.321. The molecule has 15 heavy (non-hydrogen) atoms. The minimum atomic E-state index is -0.187. The summed E-state index contributed by atoms with van der Waals surface area (Å²) in [7, 11) is 0. The molecule has 0 heterocycles. The molecule has 5 heteroatoms. The third-order valence-electron chi connectivity index (χ3n) is 0.813. The molecule has 0 aromatic rings. The van der Waals surface area contributed by atoms with Gasteiger partial charge in [0.25, 0.3) is 0 Å². The quantitative estimate of drug-likeness (QED) is 0.439. The number of rotatable bonds is 2. The number of hydrogen-bond donors (Lipinski definition) is 0. The van der Waals surface area contributed by atoms with Crippen molar-refractivity contribution in [3.63, 3.8) is 0 Å². The van der Waals surface area contributed by atoms with E-state index < -0.39 is 0 Å². The second-order valence-corrected chi connectivity index (χ2v) is 2.73. The Morgan fingerprint density at radius 1 is 0.800 bits per heavy atom. The van der Waals surface area contributed by atoms with Gasteiger partial charge in [-0.2, -0.15) is 0 Å². The molecule has 0 aromatic carbocycles. The SMILES string of the molecule is CC(=O)/C=C(/C)[O-].CC(=O)/C=C(/C)[O-].[U+2]. The molecular weight excluding hydrogens is 422 g/mol. The first-order valence-electron chi connectivity index (χ1n) is 3.97. The molecule has 0 bridgehead atoms. The molecule has 4 nitrogen and oxygen atoms in total. The average Bonchev–Trinajstić information content (AvgIpc) is 1.79. The zero-order valence-electron chi connectivity index (χ0n) is 9.29. The van der Waals surface area contributed by atoms with Gasteiger partial charge in [-0.3, -0.25) is 9.59 Å². The summed E-state index contributed by atoms with van der Waals surface area (Å²) in [6.45, 7) is 5.39. The van der Waals surface area contributed by atoms with Crippen LogP contribution in [0.25, 0.3) is 0 Å². The molecule has 0 amide bonds. The van der Waals surface area contributed by atoms with Gasteiger partial charge in [0.2, 0.25) is 0 Å². The molecule has 0 radical (unpaired) electrons. The summed E-state index contributed by atoms with van der Waals surface area (Å²) in [5.41, 5.74) is 0. The molecule has 0 unspecified atom stereocenters. The average molecular weight is 436 g/mol. The van der Waals surface area contributed by atoms with E-state index in [4.69, 9.17) is 0 Å². The Hall–Kier alpha value is -0.528. The Bertz CT molecular complexity index is 231. The molecule has 82 valence electrons. The van der Waals surface area contributed by atoms with Gasteiger partial charge in [0.1, 0.15) is 0 Å². The van der Waals surface area contributed by atoms with Crippen molar-refractivity contribution in [3.8, 4) is 0 Å². The molecule has 0 N–H and O–H groups in total. The number of carbonyl (C=O) groups excluding carboxylic acids is 2. The van der Waals surface area contributed by atoms with Gasteiger partial charge >= 0.3 is 31.1 Å². The van der Waals surface area contributed by atoms with Gasteiger partial charge in [-0.15, -0.1) is 11.5 Å². The zero-order valence-corrected chi connectivity index (χ0v) is 13.5. The van der Waals surface area contributed by atoms with E-state index in [-0.39, 0.29) is 54.2 Å². The molecular formula is C10H14O4U. The summed E-state index contributed by atoms with van der Waals surface area (Å²) in [5, 5.41) is 20.0. The van der Waals surface area contributed by atoms with E-state index >= 15 is 0 Å². The van der Waals surface area contributed by atoms with Gasteiger partial charge in [0.15, 0.2) is 11.6 Å². The van der Waals surface area contributed by atoms with E-state index in [0.717, 1.165) is 12.2 Å².